The van der Waals surface area contributed by atoms with Crippen molar-refractivity contribution in [2.75, 3.05) is 19.6 Å². The van der Waals surface area contributed by atoms with Crippen LogP contribution >= 0.6 is 23.2 Å². The Hall–Kier alpha value is -1.89. The van der Waals surface area contributed by atoms with Crippen LogP contribution in [0.25, 0.3) is 0 Å². The zero-order valence-electron chi connectivity index (χ0n) is 11.3. The lowest BCUT2D eigenvalue weighted by Crippen LogP contribution is -2.09. The van der Waals surface area contributed by atoms with Crippen molar-refractivity contribution < 1.29 is 14.2 Å². The van der Waals surface area contributed by atoms with Gasteiger partial charge >= 0.3 is 0 Å². The van der Waals surface area contributed by atoms with Crippen LogP contribution in [0.15, 0.2) is 24.3 Å². The van der Waals surface area contributed by atoms with Crippen LogP contribution < -0.4 is 25.5 Å². The van der Waals surface area contributed by atoms with Crippen LogP contribution in [-0.2, 0) is 0 Å². The van der Waals surface area contributed by atoms with Crippen molar-refractivity contribution in [2.45, 2.75) is 0 Å². The summed E-state index contributed by atoms with van der Waals surface area (Å²) >= 11 is 12.0. The minimum absolute atomic E-state index is 0.122. The Bertz CT molecular complexity index is 631. The molecule has 8 heteroatoms. The topological polar surface area (TPSA) is 78.6 Å². The Morgan fingerprint density at radius 3 is 2.24 bits per heavy atom. The predicted octanol–water partition coefficient (Wildman–Crippen LogP) is 3.48. The van der Waals surface area contributed by atoms with Crippen LogP contribution in [-0.4, -0.2) is 19.2 Å². The minimum Gasteiger partial charge on any atom is -0.493 e. The molecule has 2 rings (SSSR count). The maximum atomic E-state index is 6.08. The van der Waals surface area contributed by atoms with Crippen LogP contribution in [0.1, 0.15) is 0 Å². The monoisotopic (exact) mass is 329 g/mol. The highest BCUT2D eigenvalue weighted by atomic mass is 35.5. The highest BCUT2D eigenvalue weighted by molar-refractivity contribution is 6.36. The zero-order valence-corrected chi connectivity index (χ0v) is 12.8. The lowest BCUT2D eigenvalue weighted by Gasteiger charge is -2.14. The molecule has 2 aromatic rings. The first-order valence-corrected chi connectivity index (χ1v) is 6.57. The van der Waals surface area contributed by atoms with Gasteiger partial charge in [0.15, 0.2) is 17.3 Å². The molecule has 0 atom stereocenters. The van der Waals surface area contributed by atoms with Gasteiger partial charge in [-0.05, 0) is 18.2 Å². The summed E-state index contributed by atoms with van der Waals surface area (Å²) in [6.45, 7) is 0. The smallest absolute Gasteiger partial charge is 0.240 e. The van der Waals surface area contributed by atoms with Crippen molar-refractivity contribution in [3.05, 3.63) is 34.3 Å². The number of nitrogens with two attached hydrogens (primary N) is 1. The van der Waals surface area contributed by atoms with E-state index in [1.807, 2.05) is 0 Å². The van der Waals surface area contributed by atoms with Gasteiger partial charge in [-0.3, -0.25) is 0 Å². The van der Waals surface area contributed by atoms with Crippen molar-refractivity contribution in [2.24, 2.45) is 5.84 Å². The molecule has 0 fully saturated rings. The van der Waals surface area contributed by atoms with E-state index in [2.05, 4.69) is 10.4 Å². The lowest BCUT2D eigenvalue weighted by atomic mass is 10.3. The molecule has 112 valence electrons. The molecule has 21 heavy (non-hydrogen) atoms. The van der Waals surface area contributed by atoms with E-state index in [9.17, 15) is 0 Å². The van der Waals surface area contributed by atoms with Gasteiger partial charge in [0, 0.05) is 0 Å². The van der Waals surface area contributed by atoms with Gasteiger partial charge in [0.2, 0.25) is 11.6 Å². The maximum Gasteiger partial charge on any atom is 0.240 e. The third-order valence-corrected chi connectivity index (χ3v) is 3.17. The number of ether oxygens (including phenoxy) is 3. The van der Waals surface area contributed by atoms with Crippen molar-refractivity contribution in [3.8, 4) is 23.1 Å². The van der Waals surface area contributed by atoms with Crippen molar-refractivity contribution in [1.82, 2.24) is 4.98 Å². The van der Waals surface area contributed by atoms with Crippen LogP contribution in [0.2, 0.25) is 10.0 Å². The van der Waals surface area contributed by atoms with Crippen molar-refractivity contribution >= 4 is 29.0 Å². The molecule has 6 nitrogen and oxygen atoms in total. The average molecular weight is 330 g/mol. The number of aromatic nitrogens is 1. The van der Waals surface area contributed by atoms with Crippen LogP contribution in [0.5, 0.6) is 23.1 Å². The summed E-state index contributed by atoms with van der Waals surface area (Å²) in [6.07, 6.45) is 0. The van der Waals surface area contributed by atoms with E-state index in [0.717, 1.165) is 0 Å². The Morgan fingerprint density at radius 1 is 1.10 bits per heavy atom. The standard InChI is InChI=1S/C13H13Cl2N3O3/c1-19-9-4-3-5-10(20-2)11(9)21-13-8(15)6-7(14)12(17-13)18-16/h3-6H,16H2,1-2H3,(H,17,18). The molecule has 3 N–H and O–H groups in total. The van der Waals surface area contributed by atoms with Gasteiger partial charge in [-0.25, -0.2) is 5.84 Å². The van der Waals surface area contributed by atoms with Crippen LogP contribution in [0.3, 0.4) is 0 Å². The van der Waals surface area contributed by atoms with E-state index >= 15 is 0 Å². The van der Waals surface area contributed by atoms with Gasteiger partial charge in [-0.15, -0.1) is 0 Å². The van der Waals surface area contributed by atoms with Crippen LogP contribution in [0.4, 0.5) is 5.82 Å². The summed E-state index contributed by atoms with van der Waals surface area (Å²) in [4.78, 5) is 4.10. The normalized spacial score (nSPS) is 10.1. The molecule has 0 spiro atoms. The fourth-order valence-corrected chi connectivity index (χ4v) is 2.09. The van der Waals surface area contributed by atoms with E-state index in [-0.39, 0.29) is 21.7 Å². The summed E-state index contributed by atoms with van der Waals surface area (Å²) in [6, 6.07) is 6.70. The predicted molar refractivity (Wildman–Crippen MR) is 81.7 cm³/mol. The van der Waals surface area contributed by atoms with E-state index < -0.39 is 0 Å². The number of benzene rings is 1. The molecular weight excluding hydrogens is 317 g/mol. The number of para-hydroxylation sites is 1. The van der Waals surface area contributed by atoms with E-state index in [1.165, 1.54) is 20.3 Å². The summed E-state index contributed by atoms with van der Waals surface area (Å²) in [5, 5.41) is 0.508. The molecule has 0 saturated carbocycles. The van der Waals surface area contributed by atoms with Gasteiger partial charge in [0.05, 0.1) is 19.2 Å². The number of methoxy groups -OCH3 is 2. The molecule has 0 radical (unpaired) electrons. The highest BCUT2D eigenvalue weighted by Crippen LogP contribution is 2.42. The quantitative estimate of drug-likeness (QED) is 0.645. The Balaban J connectivity index is 2.47. The second-order valence-electron chi connectivity index (χ2n) is 3.84. The minimum atomic E-state index is 0.122. The molecule has 1 aromatic carbocycles. The first-order chi connectivity index (χ1) is 10.1. The number of nitrogen functional groups attached to an aromatic ring is 1. The summed E-state index contributed by atoms with van der Waals surface area (Å²) in [5.74, 6) is 6.99. The molecule has 0 aliphatic carbocycles. The number of halogens is 2. The molecule has 0 bridgehead atoms. The molecule has 0 unspecified atom stereocenters. The van der Waals surface area contributed by atoms with E-state index in [0.29, 0.717) is 17.2 Å². The molecule has 0 aliphatic rings. The number of nitrogens with zero attached hydrogens (tertiary/aromatic N) is 1. The van der Waals surface area contributed by atoms with E-state index in [4.69, 9.17) is 43.3 Å². The van der Waals surface area contributed by atoms with Crippen molar-refractivity contribution in [3.63, 3.8) is 0 Å². The number of hydrazine groups is 1. The Kier molecular flexibility index (Phi) is 4.95. The number of rotatable bonds is 5. The van der Waals surface area contributed by atoms with Gasteiger partial charge in [0.25, 0.3) is 0 Å². The Morgan fingerprint density at radius 2 is 1.71 bits per heavy atom. The first-order valence-electron chi connectivity index (χ1n) is 5.82. The number of nitrogens with one attached hydrogen (secondary N) is 1. The molecule has 0 saturated heterocycles. The van der Waals surface area contributed by atoms with E-state index in [1.54, 1.807) is 18.2 Å². The zero-order chi connectivity index (χ0) is 15.4. The molecule has 1 aromatic heterocycles. The summed E-state index contributed by atoms with van der Waals surface area (Å²) < 4.78 is 16.2. The lowest BCUT2D eigenvalue weighted by molar-refractivity contribution is 0.342. The first kappa shape index (κ1) is 15.5. The number of hydrogen-bond donors (Lipinski definition) is 2. The molecule has 1 heterocycles. The molecule has 0 aliphatic heterocycles. The maximum absolute atomic E-state index is 6.08. The summed E-state index contributed by atoms with van der Waals surface area (Å²) in [5.41, 5.74) is 2.36. The number of anilines is 1. The van der Waals surface area contributed by atoms with Crippen LogP contribution in [0, 0.1) is 0 Å². The highest BCUT2D eigenvalue weighted by Gasteiger charge is 2.17. The SMILES string of the molecule is COc1cccc(OC)c1Oc1nc(NN)c(Cl)cc1Cl. The average Bonchev–Trinajstić information content (AvgIpc) is 2.49. The number of hydrogen-bond acceptors (Lipinski definition) is 6. The molecular formula is C13H13Cl2N3O3. The second kappa shape index (κ2) is 6.71. The third kappa shape index (κ3) is 3.24. The molecule has 0 amide bonds. The van der Waals surface area contributed by atoms with Gasteiger partial charge in [0.1, 0.15) is 5.02 Å². The fraction of sp³-hybridized carbons (Fsp3) is 0.154. The largest absolute Gasteiger partial charge is 0.493 e. The fourth-order valence-electron chi connectivity index (χ4n) is 1.64. The number of pyridine rings is 1. The van der Waals surface area contributed by atoms with Gasteiger partial charge in [-0.1, -0.05) is 29.3 Å². The second-order valence-corrected chi connectivity index (χ2v) is 4.66. The van der Waals surface area contributed by atoms with Gasteiger partial charge in [-0.2, -0.15) is 4.98 Å². The summed E-state index contributed by atoms with van der Waals surface area (Å²) in [7, 11) is 3.04. The van der Waals surface area contributed by atoms with Crippen molar-refractivity contribution in [1.29, 1.82) is 0 Å². The van der Waals surface area contributed by atoms with Gasteiger partial charge < -0.3 is 19.6 Å². The Labute approximate surface area is 131 Å². The third-order valence-electron chi connectivity index (χ3n) is 2.62.